The first-order valence-corrected chi connectivity index (χ1v) is 6.80. The van der Waals surface area contributed by atoms with E-state index >= 15 is 0 Å². The standard InChI is InChI=1S/C16H19N3O2/c1-11-5-3-8-15(18-11)10-17-16(21)19-14-7-4-6-13(9-14)12(2)20/h3-9,12,20H,10H2,1-2H3,(H2,17,19,21). The van der Waals surface area contributed by atoms with Crippen molar-refractivity contribution in [3.63, 3.8) is 0 Å². The van der Waals surface area contributed by atoms with Crippen molar-refractivity contribution in [2.75, 3.05) is 5.32 Å². The minimum Gasteiger partial charge on any atom is -0.389 e. The average molecular weight is 285 g/mol. The van der Waals surface area contributed by atoms with Crippen LogP contribution in [0.5, 0.6) is 0 Å². The summed E-state index contributed by atoms with van der Waals surface area (Å²) in [5, 5.41) is 15.0. The van der Waals surface area contributed by atoms with E-state index in [2.05, 4.69) is 15.6 Å². The van der Waals surface area contributed by atoms with Crippen LogP contribution in [0.4, 0.5) is 10.5 Å². The van der Waals surface area contributed by atoms with Crippen molar-refractivity contribution < 1.29 is 9.90 Å². The molecule has 0 aliphatic carbocycles. The molecule has 5 nitrogen and oxygen atoms in total. The zero-order valence-electron chi connectivity index (χ0n) is 12.1. The molecule has 2 rings (SSSR count). The average Bonchev–Trinajstić information content (AvgIpc) is 2.45. The highest BCUT2D eigenvalue weighted by molar-refractivity contribution is 5.89. The number of anilines is 1. The summed E-state index contributed by atoms with van der Waals surface area (Å²) in [7, 11) is 0. The first-order chi connectivity index (χ1) is 10.0. The number of aliphatic hydroxyl groups excluding tert-OH is 1. The number of pyridine rings is 1. The number of nitrogens with zero attached hydrogens (tertiary/aromatic N) is 1. The molecule has 0 bridgehead atoms. The van der Waals surface area contributed by atoms with E-state index in [0.29, 0.717) is 12.2 Å². The highest BCUT2D eigenvalue weighted by Gasteiger charge is 2.05. The van der Waals surface area contributed by atoms with Crippen LogP contribution in [-0.2, 0) is 6.54 Å². The maximum atomic E-state index is 11.8. The number of rotatable bonds is 4. The molecular formula is C16H19N3O2. The summed E-state index contributed by atoms with van der Waals surface area (Å²) >= 11 is 0. The van der Waals surface area contributed by atoms with Gasteiger partial charge in [-0.15, -0.1) is 0 Å². The molecule has 5 heteroatoms. The minimum atomic E-state index is -0.564. The van der Waals surface area contributed by atoms with Crippen molar-refractivity contribution in [3.05, 3.63) is 59.4 Å². The molecule has 3 N–H and O–H groups in total. The van der Waals surface area contributed by atoms with Gasteiger partial charge in [-0.05, 0) is 43.7 Å². The maximum absolute atomic E-state index is 11.8. The van der Waals surface area contributed by atoms with Crippen LogP contribution >= 0.6 is 0 Å². The van der Waals surface area contributed by atoms with E-state index in [4.69, 9.17) is 0 Å². The molecule has 1 aromatic carbocycles. The van der Waals surface area contributed by atoms with Crippen molar-refractivity contribution in [1.82, 2.24) is 10.3 Å². The molecule has 0 radical (unpaired) electrons. The normalized spacial score (nSPS) is 11.8. The smallest absolute Gasteiger partial charge is 0.319 e. The third kappa shape index (κ3) is 4.57. The Kier molecular flexibility index (Phi) is 4.90. The number of carbonyl (C=O) groups is 1. The van der Waals surface area contributed by atoms with Crippen LogP contribution in [0.2, 0.25) is 0 Å². The van der Waals surface area contributed by atoms with Crippen molar-refractivity contribution in [1.29, 1.82) is 0 Å². The lowest BCUT2D eigenvalue weighted by molar-refractivity contribution is 0.199. The fourth-order valence-corrected chi connectivity index (χ4v) is 1.92. The third-order valence-electron chi connectivity index (χ3n) is 3.00. The molecule has 0 saturated heterocycles. The van der Waals surface area contributed by atoms with Gasteiger partial charge in [-0.2, -0.15) is 0 Å². The van der Waals surface area contributed by atoms with Crippen LogP contribution < -0.4 is 10.6 Å². The van der Waals surface area contributed by atoms with E-state index in [1.807, 2.05) is 31.2 Å². The van der Waals surface area contributed by atoms with Crippen molar-refractivity contribution in [2.24, 2.45) is 0 Å². The van der Waals surface area contributed by atoms with Gasteiger partial charge < -0.3 is 15.7 Å². The molecule has 0 aliphatic rings. The first-order valence-electron chi connectivity index (χ1n) is 6.80. The summed E-state index contributed by atoms with van der Waals surface area (Å²) in [5.41, 5.74) is 3.12. The molecule has 2 amide bonds. The number of amides is 2. The Morgan fingerprint density at radius 3 is 2.76 bits per heavy atom. The summed E-state index contributed by atoms with van der Waals surface area (Å²) in [6.45, 7) is 3.96. The van der Waals surface area contributed by atoms with Crippen molar-refractivity contribution in [2.45, 2.75) is 26.5 Å². The summed E-state index contributed by atoms with van der Waals surface area (Å²) in [5.74, 6) is 0. The minimum absolute atomic E-state index is 0.305. The summed E-state index contributed by atoms with van der Waals surface area (Å²) in [6.07, 6.45) is -0.564. The van der Waals surface area contributed by atoms with Crippen molar-refractivity contribution >= 4 is 11.7 Å². The molecule has 110 valence electrons. The summed E-state index contributed by atoms with van der Waals surface area (Å²) < 4.78 is 0. The third-order valence-corrected chi connectivity index (χ3v) is 3.00. The van der Waals surface area contributed by atoms with Crippen molar-refractivity contribution in [3.8, 4) is 0 Å². The lowest BCUT2D eigenvalue weighted by Crippen LogP contribution is -2.28. The second-order valence-corrected chi connectivity index (χ2v) is 4.88. The van der Waals surface area contributed by atoms with Crippen LogP contribution in [0.1, 0.15) is 30.0 Å². The van der Waals surface area contributed by atoms with Crippen LogP contribution in [0.15, 0.2) is 42.5 Å². The number of benzene rings is 1. The number of aliphatic hydroxyl groups is 1. The van der Waals surface area contributed by atoms with Gasteiger partial charge in [0.05, 0.1) is 18.3 Å². The molecular weight excluding hydrogens is 266 g/mol. The van der Waals surface area contributed by atoms with Crippen LogP contribution in [-0.4, -0.2) is 16.1 Å². The summed E-state index contributed by atoms with van der Waals surface area (Å²) in [6, 6.07) is 12.5. The monoisotopic (exact) mass is 285 g/mol. The first kappa shape index (κ1) is 15.0. The van der Waals surface area contributed by atoms with Gasteiger partial charge in [0.1, 0.15) is 0 Å². The van der Waals surface area contributed by atoms with Gasteiger partial charge in [-0.25, -0.2) is 4.79 Å². The van der Waals surface area contributed by atoms with Gasteiger partial charge in [0.2, 0.25) is 0 Å². The van der Waals surface area contributed by atoms with E-state index in [1.54, 1.807) is 25.1 Å². The summed E-state index contributed by atoms with van der Waals surface area (Å²) in [4.78, 5) is 16.2. The highest BCUT2D eigenvalue weighted by atomic mass is 16.3. The topological polar surface area (TPSA) is 74.2 Å². The second kappa shape index (κ2) is 6.85. The Morgan fingerprint density at radius 1 is 1.29 bits per heavy atom. The van der Waals surface area contributed by atoms with Gasteiger partial charge in [-0.1, -0.05) is 18.2 Å². The number of urea groups is 1. The maximum Gasteiger partial charge on any atom is 0.319 e. The van der Waals surface area contributed by atoms with E-state index in [1.165, 1.54) is 0 Å². The second-order valence-electron chi connectivity index (χ2n) is 4.88. The highest BCUT2D eigenvalue weighted by Crippen LogP contribution is 2.16. The SMILES string of the molecule is Cc1cccc(CNC(=O)Nc2cccc(C(C)O)c2)n1. The fraction of sp³-hybridized carbons (Fsp3) is 0.250. The number of aromatic nitrogens is 1. The van der Waals surface area contributed by atoms with Gasteiger partial charge >= 0.3 is 6.03 Å². The Labute approximate surface area is 124 Å². The molecule has 0 aliphatic heterocycles. The Balaban J connectivity index is 1.91. The molecule has 0 saturated carbocycles. The Bertz CT molecular complexity index is 626. The predicted octanol–water partition coefficient (Wildman–Crippen LogP) is 2.77. The van der Waals surface area contributed by atoms with Gasteiger partial charge in [-0.3, -0.25) is 4.98 Å². The Hall–Kier alpha value is -2.40. The molecule has 21 heavy (non-hydrogen) atoms. The van der Waals surface area contributed by atoms with E-state index in [9.17, 15) is 9.90 Å². The zero-order chi connectivity index (χ0) is 15.2. The fourth-order valence-electron chi connectivity index (χ4n) is 1.92. The van der Waals surface area contributed by atoms with E-state index < -0.39 is 6.10 Å². The molecule has 1 heterocycles. The van der Waals surface area contributed by atoms with Crippen LogP contribution in [0.3, 0.4) is 0 Å². The lowest BCUT2D eigenvalue weighted by Gasteiger charge is -2.10. The lowest BCUT2D eigenvalue weighted by atomic mass is 10.1. The Morgan fingerprint density at radius 2 is 2.05 bits per heavy atom. The zero-order valence-corrected chi connectivity index (χ0v) is 12.1. The van der Waals surface area contributed by atoms with Crippen LogP contribution in [0, 0.1) is 6.92 Å². The quantitative estimate of drug-likeness (QED) is 0.808. The molecule has 1 unspecified atom stereocenters. The number of carbonyl (C=O) groups excluding carboxylic acids is 1. The number of hydrogen-bond donors (Lipinski definition) is 3. The van der Waals surface area contributed by atoms with E-state index in [-0.39, 0.29) is 6.03 Å². The molecule has 1 aromatic heterocycles. The number of nitrogens with one attached hydrogen (secondary N) is 2. The molecule has 2 aromatic rings. The largest absolute Gasteiger partial charge is 0.389 e. The predicted molar refractivity (Wildman–Crippen MR) is 81.9 cm³/mol. The van der Waals surface area contributed by atoms with E-state index in [0.717, 1.165) is 17.0 Å². The van der Waals surface area contributed by atoms with Gasteiger partial charge in [0.15, 0.2) is 0 Å². The number of hydrogen-bond acceptors (Lipinski definition) is 3. The molecule has 1 atom stereocenters. The van der Waals surface area contributed by atoms with Crippen LogP contribution in [0.25, 0.3) is 0 Å². The van der Waals surface area contributed by atoms with Gasteiger partial charge in [0, 0.05) is 11.4 Å². The number of aryl methyl sites for hydroxylation is 1. The van der Waals surface area contributed by atoms with Gasteiger partial charge in [0.25, 0.3) is 0 Å². The molecule has 0 fully saturated rings. The molecule has 0 spiro atoms.